The van der Waals surface area contributed by atoms with E-state index in [-0.39, 0.29) is 30.0 Å². The zero-order valence-electron chi connectivity index (χ0n) is 20.0. The minimum Gasteiger partial charge on any atom is -0.459 e. The Kier molecular flexibility index (Phi) is 7.70. The Morgan fingerprint density at radius 1 is 1.06 bits per heavy atom. The predicted octanol–water partition coefficient (Wildman–Crippen LogP) is 5.95. The summed E-state index contributed by atoms with van der Waals surface area (Å²) in [5.41, 5.74) is 2.35. The average molecular weight is 507 g/mol. The van der Waals surface area contributed by atoms with E-state index in [1.54, 1.807) is 31.2 Å². The van der Waals surface area contributed by atoms with Crippen molar-refractivity contribution in [2.75, 3.05) is 4.90 Å². The number of rotatable bonds is 7. The van der Waals surface area contributed by atoms with Crippen molar-refractivity contribution in [3.8, 4) is 0 Å². The molecule has 1 aliphatic rings. The molecule has 1 heterocycles. The van der Waals surface area contributed by atoms with Crippen LogP contribution in [0, 0.1) is 16.0 Å². The number of carbonyl (C=O) groups excluding carboxylic acids is 2. The van der Waals surface area contributed by atoms with Gasteiger partial charge in [0.15, 0.2) is 0 Å². The van der Waals surface area contributed by atoms with Crippen LogP contribution in [0.1, 0.15) is 37.3 Å². The Labute approximate surface area is 214 Å². The number of nitro benzene ring substituents is 1. The molecule has 3 aromatic rings. The van der Waals surface area contributed by atoms with Gasteiger partial charge in [-0.05, 0) is 55.5 Å². The van der Waals surface area contributed by atoms with Crippen LogP contribution in [0.2, 0.25) is 5.02 Å². The Balaban J connectivity index is 1.71. The highest BCUT2D eigenvalue weighted by Gasteiger charge is 2.47. The first-order chi connectivity index (χ1) is 17.3. The Hall–Kier alpha value is -3.71. The second-order valence-corrected chi connectivity index (χ2v) is 9.50. The summed E-state index contributed by atoms with van der Waals surface area (Å²) < 4.78 is 5.74. The number of carbonyl (C=O) groups is 2. The van der Waals surface area contributed by atoms with E-state index in [9.17, 15) is 19.7 Å². The van der Waals surface area contributed by atoms with Crippen molar-refractivity contribution in [3.63, 3.8) is 0 Å². The molecule has 0 radical (unpaired) electrons. The third kappa shape index (κ3) is 5.41. The normalized spacial score (nSPS) is 21.6. The molecule has 4 atom stereocenters. The van der Waals surface area contributed by atoms with Crippen LogP contribution in [-0.2, 0) is 20.9 Å². The van der Waals surface area contributed by atoms with E-state index in [0.717, 1.165) is 16.8 Å². The Bertz CT molecular complexity index is 1250. The number of ether oxygens (including phenoxy) is 1. The van der Waals surface area contributed by atoms with Crippen molar-refractivity contribution in [2.24, 2.45) is 5.92 Å². The molecule has 1 fully saturated rings. The molecular formula is C28H27ClN2O5. The molecule has 0 N–H and O–H groups in total. The largest absolute Gasteiger partial charge is 0.459 e. The number of non-ortho nitro benzene ring substituents is 1. The first-order valence-electron chi connectivity index (χ1n) is 11.8. The summed E-state index contributed by atoms with van der Waals surface area (Å²) in [7, 11) is 0. The quantitative estimate of drug-likeness (QED) is 0.223. The molecule has 0 bridgehead atoms. The number of hydrogen-bond donors (Lipinski definition) is 0. The molecule has 4 rings (SSSR count). The summed E-state index contributed by atoms with van der Waals surface area (Å²) in [6.07, 6.45) is 0.312. The zero-order chi connectivity index (χ0) is 25.8. The van der Waals surface area contributed by atoms with E-state index >= 15 is 0 Å². The third-order valence-electron chi connectivity index (χ3n) is 6.81. The van der Waals surface area contributed by atoms with Crippen molar-refractivity contribution < 1.29 is 19.2 Å². The van der Waals surface area contributed by atoms with Crippen LogP contribution >= 0.6 is 11.6 Å². The molecule has 0 aliphatic carbocycles. The number of hydrogen-bond acceptors (Lipinski definition) is 6. The standard InChI is InChI=1S/C28H27ClN2O5/c1-18-27(19(2)32)25(21-11-13-23(14-12-21)31(34)35)16-26(30(18)24-10-6-9-22(29)15-24)28(33)36-17-20-7-4-3-5-8-20/h3-15,18,25-27H,16-17H2,1-2H3/t18-,25+,26-,27-/m0/s1. The summed E-state index contributed by atoms with van der Waals surface area (Å²) in [4.78, 5) is 39.0. The van der Waals surface area contributed by atoms with Gasteiger partial charge in [0.1, 0.15) is 18.4 Å². The summed E-state index contributed by atoms with van der Waals surface area (Å²) in [6.45, 7) is 3.60. The van der Waals surface area contributed by atoms with Gasteiger partial charge in [0.25, 0.3) is 5.69 Å². The maximum absolute atomic E-state index is 13.5. The molecule has 8 heteroatoms. The number of ketones is 1. The van der Waals surface area contributed by atoms with Gasteiger partial charge in [-0.2, -0.15) is 0 Å². The molecule has 7 nitrogen and oxygen atoms in total. The minimum absolute atomic E-state index is 0.0195. The van der Waals surface area contributed by atoms with Gasteiger partial charge in [0.05, 0.1) is 4.92 Å². The van der Waals surface area contributed by atoms with Crippen LogP contribution < -0.4 is 4.90 Å². The minimum atomic E-state index is -0.682. The van der Waals surface area contributed by atoms with Crippen LogP contribution in [0.3, 0.4) is 0 Å². The number of benzene rings is 3. The highest BCUT2D eigenvalue weighted by atomic mass is 35.5. The third-order valence-corrected chi connectivity index (χ3v) is 7.04. The molecule has 0 unspecified atom stereocenters. The van der Waals surface area contributed by atoms with Crippen LogP contribution in [0.25, 0.3) is 0 Å². The van der Waals surface area contributed by atoms with E-state index in [4.69, 9.17) is 16.3 Å². The number of piperidine rings is 1. The fourth-order valence-corrected chi connectivity index (χ4v) is 5.37. The van der Waals surface area contributed by atoms with Crippen LogP contribution in [-0.4, -0.2) is 28.8 Å². The predicted molar refractivity (Wildman–Crippen MR) is 138 cm³/mol. The lowest BCUT2D eigenvalue weighted by atomic mass is 9.71. The number of esters is 1. The first kappa shape index (κ1) is 25.4. The lowest BCUT2D eigenvalue weighted by Gasteiger charge is -2.48. The van der Waals surface area contributed by atoms with Crippen molar-refractivity contribution >= 4 is 34.7 Å². The Morgan fingerprint density at radius 3 is 2.36 bits per heavy atom. The average Bonchev–Trinajstić information content (AvgIpc) is 2.87. The highest BCUT2D eigenvalue weighted by Crippen LogP contribution is 2.43. The first-order valence-corrected chi connectivity index (χ1v) is 12.1. The van der Waals surface area contributed by atoms with Crippen molar-refractivity contribution in [1.82, 2.24) is 0 Å². The molecule has 0 amide bonds. The number of halogens is 1. The van der Waals surface area contributed by atoms with Gasteiger partial charge in [-0.25, -0.2) is 4.79 Å². The van der Waals surface area contributed by atoms with Gasteiger partial charge in [0.2, 0.25) is 0 Å². The van der Waals surface area contributed by atoms with E-state index in [0.29, 0.717) is 11.4 Å². The van der Waals surface area contributed by atoms with E-state index in [1.807, 2.05) is 54.3 Å². The molecule has 0 aromatic heterocycles. The molecule has 0 saturated carbocycles. The topological polar surface area (TPSA) is 89.8 Å². The summed E-state index contributed by atoms with van der Waals surface area (Å²) in [5.74, 6) is -1.18. The summed E-state index contributed by atoms with van der Waals surface area (Å²) >= 11 is 6.28. The highest BCUT2D eigenvalue weighted by molar-refractivity contribution is 6.30. The van der Waals surface area contributed by atoms with Crippen LogP contribution in [0.4, 0.5) is 11.4 Å². The smallest absolute Gasteiger partial charge is 0.329 e. The number of nitrogens with zero attached hydrogens (tertiary/aromatic N) is 2. The van der Waals surface area contributed by atoms with Crippen molar-refractivity contribution in [1.29, 1.82) is 0 Å². The molecule has 1 saturated heterocycles. The van der Waals surface area contributed by atoms with Crippen molar-refractivity contribution in [2.45, 2.75) is 44.9 Å². The number of nitro groups is 1. The number of anilines is 1. The van der Waals surface area contributed by atoms with Crippen LogP contribution in [0.15, 0.2) is 78.9 Å². The van der Waals surface area contributed by atoms with Gasteiger partial charge < -0.3 is 9.64 Å². The fourth-order valence-electron chi connectivity index (χ4n) is 5.19. The lowest BCUT2D eigenvalue weighted by molar-refractivity contribution is -0.384. The maximum atomic E-state index is 13.5. The molecule has 1 aliphatic heterocycles. The molecule has 3 aromatic carbocycles. The molecule has 0 spiro atoms. The van der Waals surface area contributed by atoms with Gasteiger partial charge in [0, 0.05) is 34.8 Å². The molecule has 186 valence electrons. The monoisotopic (exact) mass is 506 g/mol. The second-order valence-electron chi connectivity index (χ2n) is 9.06. The van der Waals surface area contributed by atoms with Gasteiger partial charge in [-0.15, -0.1) is 0 Å². The number of Topliss-reactive ketones (excluding diaryl/α,β-unsaturated/α-hetero) is 1. The van der Waals surface area contributed by atoms with Gasteiger partial charge in [-0.1, -0.05) is 60.1 Å². The molecule has 36 heavy (non-hydrogen) atoms. The van der Waals surface area contributed by atoms with Crippen molar-refractivity contribution in [3.05, 3.63) is 105 Å². The Morgan fingerprint density at radius 2 is 1.75 bits per heavy atom. The SMILES string of the molecule is CC(=O)[C@H]1[C@@H](c2ccc([N+](=O)[O-])cc2)C[C@@H](C(=O)OCc2ccccc2)N(c2cccc(Cl)c2)[C@H]1C. The lowest BCUT2D eigenvalue weighted by Crippen LogP contribution is -2.57. The summed E-state index contributed by atoms with van der Waals surface area (Å²) in [5, 5.41) is 11.7. The van der Waals surface area contributed by atoms with Gasteiger partial charge >= 0.3 is 5.97 Å². The van der Waals surface area contributed by atoms with Gasteiger partial charge in [-0.3, -0.25) is 14.9 Å². The second kappa shape index (κ2) is 10.9. The fraction of sp³-hybridized carbons (Fsp3) is 0.286. The van der Waals surface area contributed by atoms with E-state index in [1.165, 1.54) is 12.1 Å². The molecular weight excluding hydrogens is 480 g/mol. The maximum Gasteiger partial charge on any atom is 0.329 e. The summed E-state index contributed by atoms with van der Waals surface area (Å²) in [6, 6.07) is 21.8. The van der Waals surface area contributed by atoms with Crippen LogP contribution in [0.5, 0.6) is 0 Å². The zero-order valence-corrected chi connectivity index (χ0v) is 20.8. The van der Waals surface area contributed by atoms with E-state index < -0.39 is 22.9 Å². The van der Waals surface area contributed by atoms with E-state index in [2.05, 4.69) is 0 Å².